The Labute approximate surface area is 127 Å². The molecule has 2 rings (SSSR count). The molecule has 2 heterocycles. The van der Waals surface area contributed by atoms with Crippen LogP contribution in [-0.4, -0.2) is 34.6 Å². The standard InChI is InChI=1S/C16H29N3S/c1-7-16(6)10-19(14(8-17-16)11(2)3)13(5)15-18-12(4)9-20-15/h9,11,13-14,17H,7-8,10H2,1-6H3. The van der Waals surface area contributed by atoms with Crippen LogP contribution < -0.4 is 5.32 Å². The first-order valence-electron chi connectivity index (χ1n) is 7.79. The van der Waals surface area contributed by atoms with E-state index in [1.165, 1.54) is 5.01 Å². The molecule has 1 aromatic heterocycles. The van der Waals surface area contributed by atoms with Gasteiger partial charge in [0.25, 0.3) is 0 Å². The SMILES string of the molecule is CCC1(C)CN(C(C)c2nc(C)cs2)C(C(C)C)CN1. The van der Waals surface area contributed by atoms with Gasteiger partial charge in [-0.1, -0.05) is 20.8 Å². The Morgan fingerprint density at radius 3 is 2.70 bits per heavy atom. The molecule has 3 nitrogen and oxygen atoms in total. The zero-order valence-corrected chi connectivity index (χ0v) is 14.5. The van der Waals surface area contributed by atoms with Gasteiger partial charge in [-0.15, -0.1) is 11.3 Å². The zero-order chi connectivity index (χ0) is 14.9. The highest BCUT2D eigenvalue weighted by molar-refractivity contribution is 7.09. The lowest BCUT2D eigenvalue weighted by Crippen LogP contribution is -2.64. The molecule has 1 aliphatic heterocycles. The number of hydrogen-bond donors (Lipinski definition) is 1. The molecule has 0 aromatic carbocycles. The maximum atomic E-state index is 4.71. The van der Waals surface area contributed by atoms with Crippen molar-refractivity contribution in [3.05, 3.63) is 16.1 Å². The van der Waals surface area contributed by atoms with Crippen LogP contribution in [0.5, 0.6) is 0 Å². The molecule has 0 spiro atoms. The topological polar surface area (TPSA) is 28.2 Å². The van der Waals surface area contributed by atoms with E-state index in [2.05, 4.69) is 57.1 Å². The van der Waals surface area contributed by atoms with Gasteiger partial charge in [0.15, 0.2) is 0 Å². The summed E-state index contributed by atoms with van der Waals surface area (Å²) < 4.78 is 0. The Kier molecular flexibility index (Phi) is 4.88. The van der Waals surface area contributed by atoms with Gasteiger partial charge in [0.1, 0.15) is 5.01 Å². The summed E-state index contributed by atoms with van der Waals surface area (Å²) in [5.41, 5.74) is 1.37. The van der Waals surface area contributed by atoms with Crippen LogP contribution >= 0.6 is 11.3 Å². The third-order valence-corrected chi connectivity index (χ3v) is 5.87. The fourth-order valence-electron chi connectivity index (χ4n) is 3.03. The molecular formula is C16H29N3S. The molecule has 114 valence electrons. The van der Waals surface area contributed by atoms with Gasteiger partial charge < -0.3 is 5.32 Å². The first-order valence-corrected chi connectivity index (χ1v) is 8.67. The summed E-state index contributed by atoms with van der Waals surface area (Å²) in [6, 6.07) is 1.00. The molecule has 1 aromatic rings. The monoisotopic (exact) mass is 295 g/mol. The average Bonchev–Trinajstić information content (AvgIpc) is 2.84. The van der Waals surface area contributed by atoms with Gasteiger partial charge in [0, 0.05) is 35.7 Å². The summed E-state index contributed by atoms with van der Waals surface area (Å²) in [7, 11) is 0. The normalized spacial score (nSPS) is 29.9. The second kappa shape index (κ2) is 6.12. The van der Waals surface area contributed by atoms with Gasteiger partial charge >= 0.3 is 0 Å². The second-order valence-electron chi connectivity index (χ2n) is 6.78. The lowest BCUT2D eigenvalue weighted by atomic mass is 9.89. The zero-order valence-electron chi connectivity index (χ0n) is 13.7. The number of aryl methyl sites for hydroxylation is 1. The minimum Gasteiger partial charge on any atom is -0.309 e. The van der Waals surface area contributed by atoms with E-state index in [1.807, 2.05) is 0 Å². The van der Waals surface area contributed by atoms with Crippen LogP contribution in [0, 0.1) is 12.8 Å². The fraction of sp³-hybridized carbons (Fsp3) is 0.812. The predicted octanol–water partition coefficient (Wildman–Crippen LogP) is 3.61. The second-order valence-corrected chi connectivity index (χ2v) is 7.67. The van der Waals surface area contributed by atoms with Gasteiger partial charge in [0.05, 0.1) is 6.04 Å². The van der Waals surface area contributed by atoms with Crippen LogP contribution in [0.4, 0.5) is 0 Å². The highest BCUT2D eigenvalue weighted by Gasteiger charge is 2.38. The molecule has 4 heteroatoms. The largest absolute Gasteiger partial charge is 0.309 e. The van der Waals surface area contributed by atoms with Crippen LogP contribution in [0.2, 0.25) is 0 Å². The molecule has 0 saturated carbocycles. The van der Waals surface area contributed by atoms with E-state index in [0.717, 1.165) is 25.2 Å². The summed E-state index contributed by atoms with van der Waals surface area (Å²) in [5.74, 6) is 0.660. The van der Waals surface area contributed by atoms with E-state index < -0.39 is 0 Å². The lowest BCUT2D eigenvalue weighted by Gasteiger charge is -2.49. The Morgan fingerprint density at radius 2 is 2.20 bits per heavy atom. The highest BCUT2D eigenvalue weighted by Crippen LogP contribution is 2.32. The molecule has 1 saturated heterocycles. The molecule has 3 atom stereocenters. The van der Waals surface area contributed by atoms with Crippen LogP contribution in [0.15, 0.2) is 5.38 Å². The molecular weight excluding hydrogens is 266 g/mol. The van der Waals surface area contributed by atoms with E-state index in [-0.39, 0.29) is 5.54 Å². The third-order valence-electron chi connectivity index (χ3n) is 4.74. The van der Waals surface area contributed by atoms with Crippen LogP contribution in [0.3, 0.4) is 0 Å². The van der Waals surface area contributed by atoms with Crippen molar-refractivity contribution in [3.8, 4) is 0 Å². The molecule has 0 bridgehead atoms. The van der Waals surface area contributed by atoms with Gasteiger partial charge in [-0.3, -0.25) is 4.90 Å². The summed E-state index contributed by atoms with van der Waals surface area (Å²) in [6.45, 7) is 15.9. The van der Waals surface area contributed by atoms with Gasteiger partial charge in [-0.05, 0) is 33.1 Å². The molecule has 3 unspecified atom stereocenters. The van der Waals surface area contributed by atoms with E-state index in [9.17, 15) is 0 Å². The molecule has 1 fully saturated rings. The fourth-order valence-corrected chi connectivity index (χ4v) is 3.90. The van der Waals surface area contributed by atoms with Crippen molar-refractivity contribution in [2.24, 2.45) is 5.92 Å². The summed E-state index contributed by atoms with van der Waals surface area (Å²) in [4.78, 5) is 7.38. The Hall–Kier alpha value is -0.450. The molecule has 0 radical (unpaired) electrons. The molecule has 1 N–H and O–H groups in total. The van der Waals surface area contributed by atoms with Crippen LogP contribution in [-0.2, 0) is 0 Å². The minimum absolute atomic E-state index is 0.228. The Balaban J connectivity index is 2.22. The molecule has 20 heavy (non-hydrogen) atoms. The van der Waals surface area contributed by atoms with Crippen molar-refractivity contribution in [2.75, 3.05) is 13.1 Å². The number of nitrogens with one attached hydrogen (secondary N) is 1. The van der Waals surface area contributed by atoms with Gasteiger partial charge in [-0.2, -0.15) is 0 Å². The number of rotatable bonds is 4. The predicted molar refractivity (Wildman–Crippen MR) is 87.3 cm³/mol. The number of nitrogens with zero attached hydrogens (tertiary/aromatic N) is 2. The quantitative estimate of drug-likeness (QED) is 0.919. The highest BCUT2D eigenvalue weighted by atomic mass is 32.1. The van der Waals surface area contributed by atoms with E-state index in [0.29, 0.717) is 18.0 Å². The average molecular weight is 295 g/mol. The first kappa shape index (κ1) is 15.9. The summed E-state index contributed by atoms with van der Waals surface area (Å²) in [5, 5.41) is 7.18. The number of aromatic nitrogens is 1. The number of piperazine rings is 1. The Morgan fingerprint density at radius 1 is 1.50 bits per heavy atom. The molecule has 0 aliphatic carbocycles. The van der Waals surface area contributed by atoms with E-state index in [1.54, 1.807) is 11.3 Å². The smallest absolute Gasteiger partial charge is 0.110 e. The van der Waals surface area contributed by atoms with Crippen molar-refractivity contribution in [1.29, 1.82) is 0 Å². The van der Waals surface area contributed by atoms with Crippen molar-refractivity contribution in [1.82, 2.24) is 15.2 Å². The summed E-state index contributed by atoms with van der Waals surface area (Å²) >= 11 is 1.80. The van der Waals surface area contributed by atoms with Crippen LogP contribution in [0.1, 0.15) is 57.8 Å². The first-order chi connectivity index (χ1) is 9.36. The maximum absolute atomic E-state index is 4.71. The number of thiazole rings is 1. The van der Waals surface area contributed by atoms with Gasteiger partial charge in [-0.25, -0.2) is 4.98 Å². The van der Waals surface area contributed by atoms with Crippen molar-refractivity contribution >= 4 is 11.3 Å². The molecule has 1 aliphatic rings. The maximum Gasteiger partial charge on any atom is 0.110 e. The van der Waals surface area contributed by atoms with Crippen molar-refractivity contribution in [3.63, 3.8) is 0 Å². The third kappa shape index (κ3) is 3.23. The lowest BCUT2D eigenvalue weighted by molar-refractivity contribution is 0.0294. The van der Waals surface area contributed by atoms with Crippen LogP contribution in [0.25, 0.3) is 0 Å². The minimum atomic E-state index is 0.228. The summed E-state index contributed by atoms with van der Waals surface area (Å²) in [6.07, 6.45) is 1.16. The van der Waals surface area contributed by atoms with E-state index >= 15 is 0 Å². The van der Waals surface area contributed by atoms with Gasteiger partial charge in [0.2, 0.25) is 0 Å². The van der Waals surface area contributed by atoms with Crippen molar-refractivity contribution < 1.29 is 0 Å². The molecule has 0 amide bonds. The van der Waals surface area contributed by atoms with Crippen molar-refractivity contribution in [2.45, 2.75) is 65.6 Å². The van der Waals surface area contributed by atoms with E-state index in [4.69, 9.17) is 4.98 Å². The number of hydrogen-bond acceptors (Lipinski definition) is 4. The Bertz CT molecular complexity index is 443.